The molecular weight excluding hydrogens is 328 g/mol. The molecule has 6 nitrogen and oxygen atoms in total. The molecule has 3 rings (SSSR count). The van der Waals surface area contributed by atoms with Crippen LogP contribution < -0.4 is 15.8 Å². The molecule has 2 aromatic rings. The molecule has 0 aromatic carbocycles. The molecule has 1 aliphatic rings. The van der Waals surface area contributed by atoms with Crippen molar-refractivity contribution in [3.63, 3.8) is 0 Å². The summed E-state index contributed by atoms with van der Waals surface area (Å²) < 4.78 is 0. The fourth-order valence-electron chi connectivity index (χ4n) is 2.98. The lowest BCUT2D eigenvalue weighted by Gasteiger charge is -2.27. The molecule has 0 bridgehead atoms. The van der Waals surface area contributed by atoms with Gasteiger partial charge in [-0.3, -0.25) is 9.59 Å². The number of carbonyl (C=O) groups is 1. The Labute approximate surface area is 144 Å². The predicted molar refractivity (Wildman–Crippen MR) is 93.4 cm³/mol. The Morgan fingerprint density at radius 2 is 2.25 bits per heavy atom. The minimum absolute atomic E-state index is 0.0651. The van der Waals surface area contributed by atoms with Gasteiger partial charge in [0, 0.05) is 25.0 Å². The van der Waals surface area contributed by atoms with Crippen LogP contribution in [0.5, 0.6) is 0 Å². The molecule has 2 N–H and O–H groups in total. The lowest BCUT2D eigenvalue weighted by atomic mass is 9.91. The van der Waals surface area contributed by atoms with E-state index in [1.807, 2.05) is 13.1 Å². The molecule has 0 aliphatic heterocycles. The number of aryl methyl sites for hydroxylation is 1. The molecule has 2 aromatic heterocycles. The van der Waals surface area contributed by atoms with Crippen LogP contribution in [0.15, 0.2) is 35.3 Å². The second kappa shape index (κ2) is 7.05. The number of pyridine rings is 2. The molecule has 0 radical (unpaired) electrons. The van der Waals surface area contributed by atoms with E-state index in [0.29, 0.717) is 10.8 Å². The number of anilines is 1. The summed E-state index contributed by atoms with van der Waals surface area (Å²) in [6, 6.07) is 6.77. The zero-order chi connectivity index (χ0) is 17.1. The van der Waals surface area contributed by atoms with Crippen LogP contribution in [0.2, 0.25) is 5.02 Å². The molecule has 7 heteroatoms. The van der Waals surface area contributed by atoms with E-state index in [-0.39, 0.29) is 24.1 Å². The largest absolute Gasteiger partial charge is 0.350 e. The number of H-pyrrole nitrogens is 1. The summed E-state index contributed by atoms with van der Waals surface area (Å²) in [5.74, 6) is 0.598. The van der Waals surface area contributed by atoms with Gasteiger partial charge in [0.15, 0.2) is 0 Å². The van der Waals surface area contributed by atoms with Crippen LogP contribution in [0.25, 0.3) is 0 Å². The first-order valence-electron chi connectivity index (χ1n) is 7.87. The zero-order valence-corrected chi connectivity index (χ0v) is 14.1. The van der Waals surface area contributed by atoms with E-state index < -0.39 is 0 Å². The van der Waals surface area contributed by atoms with E-state index in [9.17, 15) is 9.59 Å². The summed E-state index contributed by atoms with van der Waals surface area (Å²) in [5.41, 5.74) is 1.82. The highest BCUT2D eigenvalue weighted by atomic mass is 35.5. The Hall–Kier alpha value is -2.34. The number of rotatable bonds is 4. The van der Waals surface area contributed by atoms with Crippen molar-refractivity contribution < 1.29 is 4.79 Å². The van der Waals surface area contributed by atoms with E-state index in [1.165, 1.54) is 6.07 Å². The molecule has 126 valence electrons. The third kappa shape index (κ3) is 3.76. The first-order chi connectivity index (χ1) is 11.5. The van der Waals surface area contributed by atoms with Crippen molar-refractivity contribution in [2.45, 2.75) is 25.3 Å². The van der Waals surface area contributed by atoms with Crippen LogP contribution in [-0.4, -0.2) is 29.5 Å². The van der Waals surface area contributed by atoms with Crippen molar-refractivity contribution in [3.05, 3.63) is 57.1 Å². The van der Waals surface area contributed by atoms with Gasteiger partial charge in [0.2, 0.25) is 11.5 Å². The Balaban J connectivity index is 1.65. The summed E-state index contributed by atoms with van der Waals surface area (Å²) in [6.45, 7) is 0.198. The first kappa shape index (κ1) is 16.5. The van der Waals surface area contributed by atoms with Gasteiger partial charge in [-0.2, -0.15) is 0 Å². The number of nitrogens with one attached hydrogen (secondary N) is 2. The monoisotopic (exact) mass is 346 g/mol. The standard InChI is InChI=1S/C17H19ClN4O2/c1-22(15-7-5-11(18)9-19-15)10-17(24)21-14-4-2-3-13-12(14)6-8-16(23)20-13/h5-9,14H,2-4,10H2,1H3,(H,20,23)(H,21,24). The summed E-state index contributed by atoms with van der Waals surface area (Å²) in [6.07, 6.45) is 4.20. The van der Waals surface area contributed by atoms with Gasteiger partial charge < -0.3 is 15.2 Å². The van der Waals surface area contributed by atoms with Crippen molar-refractivity contribution in [1.29, 1.82) is 0 Å². The Morgan fingerprint density at radius 1 is 1.42 bits per heavy atom. The van der Waals surface area contributed by atoms with Crippen LogP contribution in [0.1, 0.15) is 30.1 Å². The van der Waals surface area contributed by atoms with E-state index in [1.54, 1.807) is 23.2 Å². The smallest absolute Gasteiger partial charge is 0.248 e. The fraction of sp³-hybridized carbons (Fsp3) is 0.353. The highest BCUT2D eigenvalue weighted by Gasteiger charge is 2.22. The van der Waals surface area contributed by atoms with Gasteiger partial charge in [-0.25, -0.2) is 4.98 Å². The number of carbonyl (C=O) groups excluding carboxylic acids is 1. The third-order valence-electron chi connectivity index (χ3n) is 4.15. The summed E-state index contributed by atoms with van der Waals surface area (Å²) in [4.78, 5) is 32.6. The van der Waals surface area contributed by atoms with Crippen molar-refractivity contribution in [2.24, 2.45) is 0 Å². The van der Waals surface area contributed by atoms with Crippen molar-refractivity contribution in [1.82, 2.24) is 15.3 Å². The third-order valence-corrected chi connectivity index (χ3v) is 4.37. The van der Waals surface area contributed by atoms with Crippen molar-refractivity contribution in [2.75, 3.05) is 18.5 Å². The molecular formula is C17H19ClN4O2. The summed E-state index contributed by atoms with van der Waals surface area (Å²) >= 11 is 5.82. The van der Waals surface area contributed by atoms with E-state index in [0.717, 1.165) is 30.5 Å². The SMILES string of the molecule is CN(CC(=O)NC1CCCc2[nH]c(=O)ccc21)c1ccc(Cl)cn1. The average molecular weight is 347 g/mol. The van der Waals surface area contributed by atoms with Gasteiger partial charge in [0.25, 0.3) is 0 Å². The predicted octanol–water partition coefficient (Wildman–Crippen LogP) is 2.05. The van der Waals surface area contributed by atoms with E-state index >= 15 is 0 Å². The maximum atomic E-state index is 12.4. The second-order valence-electron chi connectivity index (χ2n) is 5.96. The molecule has 1 unspecified atom stereocenters. The fourth-order valence-corrected chi connectivity index (χ4v) is 3.09. The Morgan fingerprint density at radius 3 is 3.00 bits per heavy atom. The van der Waals surface area contributed by atoms with Crippen LogP contribution in [0.3, 0.4) is 0 Å². The van der Waals surface area contributed by atoms with Gasteiger partial charge >= 0.3 is 0 Å². The summed E-state index contributed by atoms with van der Waals surface area (Å²) in [7, 11) is 1.81. The normalized spacial score (nSPS) is 16.3. The maximum absolute atomic E-state index is 12.4. The molecule has 24 heavy (non-hydrogen) atoms. The molecule has 0 fully saturated rings. The second-order valence-corrected chi connectivity index (χ2v) is 6.40. The number of fused-ring (bicyclic) bond motifs is 1. The topological polar surface area (TPSA) is 78.1 Å². The summed E-state index contributed by atoms with van der Waals surface area (Å²) in [5, 5.41) is 3.61. The van der Waals surface area contributed by atoms with Gasteiger partial charge in [0.1, 0.15) is 5.82 Å². The number of amides is 1. The highest BCUT2D eigenvalue weighted by molar-refractivity contribution is 6.30. The number of aromatic amines is 1. The highest BCUT2D eigenvalue weighted by Crippen LogP contribution is 2.27. The molecule has 2 heterocycles. The van der Waals surface area contributed by atoms with Gasteiger partial charge in [-0.15, -0.1) is 0 Å². The molecule has 0 saturated heterocycles. The number of nitrogens with zero attached hydrogens (tertiary/aromatic N) is 2. The van der Waals surface area contributed by atoms with Crippen molar-refractivity contribution in [3.8, 4) is 0 Å². The maximum Gasteiger partial charge on any atom is 0.248 e. The number of hydrogen-bond acceptors (Lipinski definition) is 4. The van der Waals surface area contributed by atoms with Gasteiger partial charge in [-0.05, 0) is 43.0 Å². The molecule has 1 aliphatic carbocycles. The van der Waals surface area contributed by atoms with Crippen LogP contribution >= 0.6 is 11.6 Å². The van der Waals surface area contributed by atoms with Gasteiger partial charge in [-0.1, -0.05) is 11.6 Å². The van der Waals surface area contributed by atoms with E-state index in [2.05, 4.69) is 15.3 Å². The van der Waals surface area contributed by atoms with Crippen LogP contribution in [0, 0.1) is 0 Å². The molecule has 1 amide bonds. The van der Waals surface area contributed by atoms with Crippen LogP contribution in [0.4, 0.5) is 5.82 Å². The zero-order valence-electron chi connectivity index (χ0n) is 13.4. The lowest BCUT2D eigenvalue weighted by molar-refractivity contribution is -0.120. The number of aromatic nitrogens is 2. The number of halogens is 1. The molecule has 0 spiro atoms. The average Bonchev–Trinajstić information content (AvgIpc) is 2.55. The first-order valence-corrected chi connectivity index (χ1v) is 8.25. The quantitative estimate of drug-likeness (QED) is 0.888. The minimum Gasteiger partial charge on any atom is -0.350 e. The lowest BCUT2D eigenvalue weighted by Crippen LogP contribution is -2.39. The molecule has 0 saturated carbocycles. The van der Waals surface area contributed by atoms with Crippen LogP contribution in [-0.2, 0) is 11.2 Å². The Kier molecular flexibility index (Phi) is 4.85. The number of hydrogen-bond donors (Lipinski definition) is 2. The van der Waals surface area contributed by atoms with E-state index in [4.69, 9.17) is 11.6 Å². The van der Waals surface area contributed by atoms with Crippen molar-refractivity contribution >= 4 is 23.3 Å². The number of likely N-dealkylation sites (N-methyl/N-ethyl adjacent to an activating group) is 1. The minimum atomic E-state index is -0.103. The molecule has 1 atom stereocenters. The van der Waals surface area contributed by atoms with Gasteiger partial charge in [0.05, 0.1) is 17.6 Å². The Bertz CT molecular complexity index is 788.